The number of hydrogen-bond acceptors (Lipinski definition) is 12. The fourth-order valence-corrected chi connectivity index (χ4v) is 32.4. The number of hydrogen-bond donors (Lipinski definition) is 0. The molecule has 17 heteroatoms. The summed E-state index contributed by atoms with van der Waals surface area (Å²) in [5.41, 5.74) is 0. The molecule has 0 aromatic heterocycles. The van der Waals surface area contributed by atoms with Gasteiger partial charge in [-0.2, -0.15) is 0 Å². The van der Waals surface area contributed by atoms with Crippen molar-refractivity contribution in [3.05, 3.63) is 170 Å². The maximum absolute atomic E-state index is 8.42. The summed E-state index contributed by atoms with van der Waals surface area (Å²) < 4.78 is 87.2. The molecule has 0 atom stereocenters. The monoisotopic (exact) mass is 1140 g/mol. The first-order chi connectivity index (χ1) is 36.6. The van der Waals surface area contributed by atoms with Crippen molar-refractivity contribution < 1.29 is 68.6 Å². The van der Waals surface area contributed by atoms with Crippen LogP contribution in [0.5, 0.6) is 46.0 Å². The van der Waals surface area contributed by atoms with Crippen molar-refractivity contribution in [1.29, 1.82) is 0 Å². The molecule has 0 heterocycles. The Hall–Kier alpha value is -4.43. The normalized spacial score (nSPS) is 12.5. The van der Waals surface area contributed by atoms with Gasteiger partial charge in [-0.25, -0.2) is 0 Å². The van der Waals surface area contributed by atoms with Crippen LogP contribution >= 0.6 is 14.8 Å². The van der Waals surface area contributed by atoms with Crippen molar-refractivity contribution in [2.24, 2.45) is 0 Å². The molecule has 0 aliphatic carbocycles. The van der Waals surface area contributed by atoms with Gasteiger partial charge in [0.15, 0.2) is 0 Å². The van der Waals surface area contributed by atoms with Gasteiger partial charge in [-0.3, -0.25) is 0 Å². The number of ether oxygens (including phenoxy) is 2. The number of rotatable bonds is 37. The minimum absolute atomic E-state index is 0.276. The second-order valence-electron chi connectivity index (χ2n) is 18.5. The Bertz CT molecular complexity index is 2310. The third-order valence-electron chi connectivity index (χ3n) is 12.5. The van der Waals surface area contributed by atoms with E-state index in [0.29, 0.717) is 58.8 Å². The molecule has 0 fully saturated rings. The van der Waals surface area contributed by atoms with Crippen LogP contribution in [-0.4, -0.2) is 63.6 Å². The van der Waals surface area contributed by atoms with Crippen LogP contribution in [0, 0.1) is 0 Å². The Morgan fingerprint density at radius 2 is 0.773 bits per heavy atom. The van der Waals surface area contributed by atoms with E-state index in [1.54, 1.807) is 14.2 Å². The molecule has 6 rings (SSSR count). The second-order valence-corrected chi connectivity index (χ2v) is 33.1. The zero-order chi connectivity index (χ0) is 53.1. The van der Waals surface area contributed by atoms with E-state index in [4.69, 9.17) is 49.6 Å². The fraction of sp³-hybridized carbons (Fsp3) is 0.379. The molecule has 0 aliphatic heterocycles. The van der Waals surface area contributed by atoms with Gasteiger partial charge in [0.1, 0.15) is 0 Å². The molecule has 0 saturated heterocycles. The van der Waals surface area contributed by atoms with Crippen LogP contribution in [0.4, 0.5) is 0 Å². The standard InChI is InChI=1S/C44H67O8P2Si2.2C7H8O2.Ti/c1-6-11-36-53(37-12-7-2,38-13-8-3)50-56(48-43-32-24-18-25-33-43,49-44-34-26-19-27-35-44)52-54(45,39-14-9-4,40-15-10-5)51-55(46-41-28-20-16-21-29-41)47-42-30-22-17-23-31-42;2*1-9-7-4-2-6(8)3-5-7;/h16-35,53,55H,6-15,36-40H2,1-5H3;2*2-5,8H,1H3;/q-1;;;+3/p-2. The molecular weight excluding hydrogens is 1050 g/mol. The van der Waals surface area contributed by atoms with Crippen LogP contribution in [0.15, 0.2) is 170 Å². The molecule has 407 valence electrons. The molecule has 0 N–H and O–H groups in total. The van der Waals surface area contributed by atoms with Gasteiger partial charge in [-0.05, 0) is 0 Å². The Kier molecular flexibility index (Phi) is 24.8. The zero-order valence-corrected chi connectivity index (χ0v) is 50.8. The van der Waals surface area contributed by atoms with Gasteiger partial charge in [0.25, 0.3) is 0 Å². The van der Waals surface area contributed by atoms with E-state index in [-0.39, 0.29) is 12.3 Å². The molecule has 6 aromatic rings. The van der Waals surface area contributed by atoms with E-state index in [2.05, 4.69) is 34.6 Å². The quantitative estimate of drug-likeness (QED) is 0.0274. The van der Waals surface area contributed by atoms with E-state index >= 15 is 0 Å². The van der Waals surface area contributed by atoms with Crippen molar-refractivity contribution in [3.8, 4) is 46.0 Å². The molecular formula is C58H81O12P2Si2Ti. The summed E-state index contributed by atoms with van der Waals surface area (Å²) in [6.07, 6.45) is 11.9. The maximum atomic E-state index is 8.42. The summed E-state index contributed by atoms with van der Waals surface area (Å²) in [7, 11) is -12.9. The van der Waals surface area contributed by atoms with Gasteiger partial charge < -0.3 is 0 Å². The summed E-state index contributed by atoms with van der Waals surface area (Å²) in [5.74, 6) is 4.58. The summed E-state index contributed by atoms with van der Waals surface area (Å²) >= 11 is -4.02. The summed E-state index contributed by atoms with van der Waals surface area (Å²) in [6.45, 7) is 11.0. The topological polar surface area (TPSA) is 111 Å². The number of methoxy groups -OCH3 is 2. The zero-order valence-electron chi connectivity index (χ0n) is 45.2. The Morgan fingerprint density at radius 1 is 0.427 bits per heavy atom. The van der Waals surface area contributed by atoms with E-state index < -0.39 is 52.4 Å². The number of benzene rings is 6. The van der Waals surface area contributed by atoms with Crippen molar-refractivity contribution in [1.82, 2.24) is 0 Å². The Morgan fingerprint density at radius 3 is 1.12 bits per heavy atom. The first kappa shape index (κ1) is 59.8. The summed E-state index contributed by atoms with van der Waals surface area (Å²) in [5, 5.41) is 0. The van der Waals surface area contributed by atoms with Crippen LogP contribution in [0.3, 0.4) is 0 Å². The summed E-state index contributed by atoms with van der Waals surface area (Å²) in [4.78, 5) is 0. The van der Waals surface area contributed by atoms with Gasteiger partial charge in [0, 0.05) is 0 Å². The molecule has 6 aromatic carbocycles. The van der Waals surface area contributed by atoms with Crippen LogP contribution < -0.4 is 33.8 Å². The SMILES string of the molecule is CCCC[PH](CCCC)(CCCC)O[Si](Oc1ccccc1)(Oc1ccccc1)OP(CCCC)(CCCC)(O[SiH](Oc1ccccc1)Oc1ccccc1)[O][Ti]([O]c1ccc(OC)cc1)[O]c1ccc(OC)cc1. The third-order valence-corrected chi connectivity index (χ3v) is 32.8. The van der Waals surface area contributed by atoms with Crippen LogP contribution in [0.1, 0.15) is 98.8 Å². The van der Waals surface area contributed by atoms with Gasteiger partial charge in [-0.15, -0.1) is 0 Å². The predicted octanol–water partition coefficient (Wildman–Crippen LogP) is 16.0. The molecule has 0 bridgehead atoms. The third kappa shape index (κ3) is 18.9. The molecule has 0 spiro atoms. The Balaban J connectivity index is 1.72. The van der Waals surface area contributed by atoms with Crippen LogP contribution in [0.25, 0.3) is 0 Å². The van der Waals surface area contributed by atoms with Crippen LogP contribution in [0.2, 0.25) is 0 Å². The predicted molar refractivity (Wildman–Crippen MR) is 307 cm³/mol. The van der Waals surface area contributed by atoms with Crippen LogP contribution in [-0.2, 0) is 34.8 Å². The van der Waals surface area contributed by atoms with E-state index in [9.17, 15) is 0 Å². The van der Waals surface area contributed by atoms with E-state index in [1.807, 2.05) is 170 Å². The Labute approximate surface area is 458 Å². The van der Waals surface area contributed by atoms with Crippen molar-refractivity contribution >= 4 is 33.3 Å². The molecule has 0 amide bonds. The van der Waals surface area contributed by atoms with E-state index in [1.165, 1.54) is 0 Å². The number of unbranched alkanes of at least 4 members (excludes halogenated alkanes) is 5. The first-order valence-electron chi connectivity index (χ1n) is 26.9. The van der Waals surface area contributed by atoms with Gasteiger partial charge in [0.2, 0.25) is 0 Å². The fourth-order valence-electron chi connectivity index (χ4n) is 8.50. The molecule has 75 heavy (non-hydrogen) atoms. The van der Waals surface area contributed by atoms with Crippen molar-refractivity contribution in [2.45, 2.75) is 98.8 Å². The van der Waals surface area contributed by atoms with Crippen molar-refractivity contribution in [3.63, 3.8) is 0 Å². The molecule has 0 saturated carbocycles. The number of para-hydroxylation sites is 4. The first-order valence-corrected chi connectivity index (χ1v) is 36.7. The second kappa shape index (κ2) is 31.1. The average Bonchev–Trinajstić information content (AvgIpc) is 3.44. The molecule has 0 aliphatic rings. The molecule has 0 radical (unpaired) electrons. The summed E-state index contributed by atoms with van der Waals surface area (Å²) in [6, 6.07) is 53.5. The van der Waals surface area contributed by atoms with E-state index in [0.717, 1.165) is 69.9 Å². The van der Waals surface area contributed by atoms with Crippen molar-refractivity contribution in [2.75, 3.05) is 45.0 Å². The van der Waals surface area contributed by atoms with Gasteiger partial charge >= 0.3 is 462 Å². The van der Waals surface area contributed by atoms with Gasteiger partial charge in [0.05, 0.1) is 0 Å². The molecule has 12 nitrogen and oxygen atoms in total. The van der Waals surface area contributed by atoms with Gasteiger partial charge in [-0.1, -0.05) is 0 Å². The molecule has 0 unspecified atom stereocenters. The average molecular weight is 1140 g/mol. The minimum atomic E-state index is -5.06.